The molecule has 0 unspecified atom stereocenters. The number of aromatic nitrogens is 3. The lowest BCUT2D eigenvalue weighted by atomic mass is 10.1. The first-order valence-electron chi connectivity index (χ1n) is 10.1. The number of aliphatic hydroxyl groups is 1. The lowest BCUT2D eigenvalue weighted by Crippen LogP contribution is -2.34. The molecule has 0 aliphatic heterocycles. The standard InChI is InChI=1S/C24H23FN4O3/c1-24(2,3)32-23(31)28(18-13-16-7-4-5-9-20(16)26-14-18)21-10-6-8-19(25)22(21)29-17(15-30)11-12-27-29/h4-14,30H,15H2,1-3H3. The van der Waals surface area contributed by atoms with Crippen molar-refractivity contribution in [1.82, 2.24) is 14.8 Å². The Balaban J connectivity index is 1.95. The maximum absolute atomic E-state index is 15.1. The number of aliphatic hydroxyl groups excluding tert-OH is 1. The molecule has 1 amide bonds. The third-order valence-electron chi connectivity index (χ3n) is 4.71. The van der Waals surface area contributed by atoms with Crippen LogP contribution in [0.25, 0.3) is 16.6 Å². The van der Waals surface area contributed by atoms with E-state index in [9.17, 15) is 9.90 Å². The average Bonchev–Trinajstić information content (AvgIpc) is 3.21. The fourth-order valence-electron chi connectivity index (χ4n) is 3.38. The molecular formula is C24H23FN4O3. The van der Waals surface area contributed by atoms with Gasteiger partial charge in [0, 0.05) is 11.6 Å². The Kier molecular flexibility index (Phi) is 5.63. The van der Waals surface area contributed by atoms with Crippen LogP contribution in [0.5, 0.6) is 0 Å². The van der Waals surface area contributed by atoms with E-state index >= 15 is 4.39 Å². The maximum Gasteiger partial charge on any atom is 0.419 e. The van der Waals surface area contributed by atoms with Crippen LogP contribution in [-0.2, 0) is 11.3 Å². The Bertz CT molecular complexity index is 1280. The summed E-state index contributed by atoms with van der Waals surface area (Å²) in [5.41, 5.74) is 0.971. The fraction of sp³-hybridized carbons (Fsp3) is 0.208. The van der Waals surface area contributed by atoms with Gasteiger partial charge >= 0.3 is 6.09 Å². The van der Waals surface area contributed by atoms with Gasteiger partial charge in [0.2, 0.25) is 0 Å². The Morgan fingerprint density at radius 2 is 1.94 bits per heavy atom. The van der Waals surface area contributed by atoms with Crippen LogP contribution in [0.2, 0.25) is 0 Å². The molecule has 2 aromatic carbocycles. The lowest BCUT2D eigenvalue weighted by molar-refractivity contribution is 0.0599. The topological polar surface area (TPSA) is 80.5 Å². The van der Waals surface area contributed by atoms with Gasteiger partial charge in [-0.1, -0.05) is 24.3 Å². The molecule has 0 spiro atoms. The summed E-state index contributed by atoms with van der Waals surface area (Å²) in [6.45, 7) is 4.92. The van der Waals surface area contributed by atoms with Crippen molar-refractivity contribution < 1.29 is 19.0 Å². The van der Waals surface area contributed by atoms with E-state index in [1.54, 1.807) is 39.0 Å². The van der Waals surface area contributed by atoms with Gasteiger partial charge in [-0.05, 0) is 51.1 Å². The summed E-state index contributed by atoms with van der Waals surface area (Å²) >= 11 is 0. The number of carbonyl (C=O) groups excluding carboxylic acids is 1. The summed E-state index contributed by atoms with van der Waals surface area (Å²) < 4.78 is 22.0. The SMILES string of the molecule is CC(C)(C)OC(=O)N(c1cnc2ccccc2c1)c1cccc(F)c1-n1nccc1CO. The van der Waals surface area contributed by atoms with Gasteiger partial charge in [0.15, 0.2) is 5.82 Å². The van der Waals surface area contributed by atoms with Crippen molar-refractivity contribution in [3.05, 3.63) is 78.5 Å². The molecule has 0 radical (unpaired) electrons. The van der Waals surface area contributed by atoms with Gasteiger partial charge in [0.05, 0.1) is 35.4 Å². The van der Waals surface area contributed by atoms with Crippen LogP contribution in [0.3, 0.4) is 0 Å². The molecule has 0 saturated carbocycles. The predicted octanol–water partition coefficient (Wildman–Crippen LogP) is 5.13. The minimum Gasteiger partial charge on any atom is -0.443 e. The van der Waals surface area contributed by atoms with E-state index in [1.807, 2.05) is 24.3 Å². The molecule has 0 aliphatic rings. The van der Waals surface area contributed by atoms with Crippen molar-refractivity contribution in [3.63, 3.8) is 0 Å². The first-order chi connectivity index (χ1) is 15.3. The second-order valence-corrected chi connectivity index (χ2v) is 8.20. The summed E-state index contributed by atoms with van der Waals surface area (Å²) in [6, 6.07) is 15.2. The van der Waals surface area contributed by atoms with Gasteiger partial charge < -0.3 is 9.84 Å². The summed E-state index contributed by atoms with van der Waals surface area (Å²) in [5.74, 6) is -0.608. The Morgan fingerprint density at radius 3 is 2.69 bits per heavy atom. The summed E-state index contributed by atoms with van der Waals surface area (Å²) in [6.07, 6.45) is 2.30. The third-order valence-corrected chi connectivity index (χ3v) is 4.71. The number of hydrogen-bond donors (Lipinski definition) is 1. The van der Waals surface area contributed by atoms with Gasteiger partial charge in [0.1, 0.15) is 11.3 Å². The van der Waals surface area contributed by atoms with Gasteiger partial charge in [-0.2, -0.15) is 5.10 Å². The van der Waals surface area contributed by atoms with E-state index in [-0.39, 0.29) is 18.0 Å². The van der Waals surface area contributed by atoms with Crippen LogP contribution in [0.15, 0.2) is 67.0 Å². The molecule has 4 rings (SSSR count). The maximum atomic E-state index is 15.1. The van der Waals surface area contributed by atoms with Crippen LogP contribution >= 0.6 is 0 Å². The molecule has 1 N–H and O–H groups in total. The Hall–Kier alpha value is -3.78. The number of carbonyl (C=O) groups is 1. The number of para-hydroxylation sites is 2. The van der Waals surface area contributed by atoms with Crippen LogP contribution in [0.4, 0.5) is 20.6 Å². The van der Waals surface area contributed by atoms with Crippen LogP contribution in [0.1, 0.15) is 26.5 Å². The molecule has 0 aliphatic carbocycles. The Labute approximate surface area is 184 Å². The van der Waals surface area contributed by atoms with Crippen molar-refractivity contribution in [2.45, 2.75) is 33.0 Å². The highest BCUT2D eigenvalue weighted by Crippen LogP contribution is 2.35. The van der Waals surface area contributed by atoms with Crippen molar-refractivity contribution >= 4 is 28.4 Å². The molecule has 8 heteroatoms. The van der Waals surface area contributed by atoms with E-state index in [2.05, 4.69) is 10.1 Å². The van der Waals surface area contributed by atoms with E-state index in [1.165, 1.54) is 34.1 Å². The quantitative estimate of drug-likeness (QED) is 0.482. The molecule has 32 heavy (non-hydrogen) atoms. The normalized spacial score (nSPS) is 11.5. The number of anilines is 2. The first-order valence-corrected chi connectivity index (χ1v) is 10.1. The zero-order valence-electron chi connectivity index (χ0n) is 18.0. The lowest BCUT2D eigenvalue weighted by Gasteiger charge is -2.29. The summed E-state index contributed by atoms with van der Waals surface area (Å²) in [7, 11) is 0. The fourth-order valence-corrected chi connectivity index (χ4v) is 3.38. The highest BCUT2D eigenvalue weighted by atomic mass is 19.1. The highest BCUT2D eigenvalue weighted by Gasteiger charge is 2.29. The average molecular weight is 434 g/mol. The summed E-state index contributed by atoms with van der Waals surface area (Å²) in [4.78, 5) is 19.1. The highest BCUT2D eigenvalue weighted by molar-refractivity contribution is 6.00. The van der Waals surface area contributed by atoms with Crippen molar-refractivity contribution in [2.75, 3.05) is 4.90 Å². The van der Waals surface area contributed by atoms with Gasteiger partial charge in [0.25, 0.3) is 0 Å². The number of halogens is 1. The zero-order valence-corrected chi connectivity index (χ0v) is 18.0. The zero-order chi connectivity index (χ0) is 22.9. The number of nitrogens with zero attached hydrogens (tertiary/aromatic N) is 4. The second-order valence-electron chi connectivity index (χ2n) is 8.20. The molecule has 7 nitrogen and oxygen atoms in total. The molecule has 2 heterocycles. The van der Waals surface area contributed by atoms with Gasteiger partial charge in [-0.15, -0.1) is 0 Å². The summed E-state index contributed by atoms with van der Waals surface area (Å²) in [5, 5.41) is 14.7. The van der Waals surface area contributed by atoms with Gasteiger partial charge in [-0.25, -0.2) is 18.8 Å². The number of rotatable bonds is 4. The number of fused-ring (bicyclic) bond motifs is 1. The predicted molar refractivity (Wildman–Crippen MR) is 120 cm³/mol. The molecule has 4 aromatic rings. The van der Waals surface area contributed by atoms with Crippen LogP contribution in [-0.4, -0.2) is 31.6 Å². The van der Waals surface area contributed by atoms with Crippen molar-refractivity contribution in [3.8, 4) is 5.69 Å². The van der Waals surface area contributed by atoms with Gasteiger partial charge in [-0.3, -0.25) is 4.98 Å². The molecule has 0 saturated heterocycles. The second kappa shape index (κ2) is 8.39. The number of amides is 1. The molecule has 0 fully saturated rings. The monoisotopic (exact) mass is 434 g/mol. The number of ether oxygens (including phenoxy) is 1. The smallest absolute Gasteiger partial charge is 0.419 e. The number of benzene rings is 2. The van der Waals surface area contributed by atoms with Crippen molar-refractivity contribution in [2.24, 2.45) is 0 Å². The number of hydrogen-bond acceptors (Lipinski definition) is 5. The first kappa shape index (κ1) is 21.5. The molecule has 2 aromatic heterocycles. The molecular weight excluding hydrogens is 411 g/mol. The van der Waals surface area contributed by atoms with E-state index < -0.39 is 17.5 Å². The Morgan fingerprint density at radius 1 is 1.16 bits per heavy atom. The van der Waals surface area contributed by atoms with E-state index in [0.29, 0.717) is 11.4 Å². The van der Waals surface area contributed by atoms with Crippen molar-refractivity contribution in [1.29, 1.82) is 0 Å². The van der Waals surface area contributed by atoms with E-state index in [0.717, 1.165) is 10.9 Å². The molecule has 0 bridgehead atoms. The number of pyridine rings is 1. The largest absolute Gasteiger partial charge is 0.443 e. The minimum absolute atomic E-state index is 0.0144. The third kappa shape index (κ3) is 4.17. The van der Waals surface area contributed by atoms with Crippen LogP contribution in [0, 0.1) is 5.82 Å². The molecule has 164 valence electrons. The minimum atomic E-state index is -0.783. The van der Waals surface area contributed by atoms with E-state index in [4.69, 9.17) is 4.74 Å². The molecule has 0 atom stereocenters. The van der Waals surface area contributed by atoms with Crippen LogP contribution < -0.4 is 4.90 Å².